The van der Waals surface area contributed by atoms with Gasteiger partial charge in [-0.3, -0.25) is 0 Å². The van der Waals surface area contributed by atoms with E-state index in [1.165, 1.54) is 19.3 Å². The summed E-state index contributed by atoms with van der Waals surface area (Å²) in [4.78, 5) is 4.35. The smallest absolute Gasteiger partial charge is 0.0950 e. The normalized spacial score (nSPS) is 17.6. The topological polar surface area (TPSA) is 55.9 Å². The summed E-state index contributed by atoms with van der Waals surface area (Å²) in [6.45, 7) is 5.81. The number of nitrogens with one attached hydrogen (secondary N) is 1. The van der Waals surface area contributed by atoms with Crippen LogP contribution in [0.15, 0.2) is 12.5 Å². The summed E-state index contributed by atoms with van der Waals surface area (Å²) in [5.41, 5.74) is 7.21. The highest BCUT2D eigenvalue weighted by Crippen LogP contribution is 2.47. The van der Waals surface area contributed by atoms with Gasteiger partial charge in [0.2, 0.25) is 0 Å². The Morgan fingerprint density at radius 3 is 3.00 bits per heavy atom. The molecule has 0 amide bonds. The molecule has 0 radical (unpaired) electrons. The van der Waals surface area contributed by atoms with Gasteiger partial charge in [0.1, 0.15) is 0 Å². The van der Waals surface area contributed by atoms with Crippen LogP contribution in [0.5, 0.6) is 0 Å². The first kappa shape index (κ1) is 11.6. The molecule has 0 atom stereocenters. The second-order valence-electron chi connectivity index (χ2n) is 4.85. The number of hydrogen-bond acceptors (Lipinski definition) is 3. The second-order valence-corrected chi connectivity index (χ2v) is 4.85. The third-order valence-corrected chi connectivity index (χ3v) is 3.59. The predicted octanol–water partition coefficient (Wildman–Crippen LogP) is 1.12. The molecule has 4 nitrogen and oxygen atoms in total. The molecule has 0 spiro atoms. The Labute approximate surface area is 97.2 Å². The molecule has 1 aromatic heterocycles. The summed E-state index contributed by atoms with van der Waals surface area (Å²) in [5, 5.41) is 3.50. The van der Waals surface area contributed by atoms with E-state index in [0.29, 0.717) is 12.0 Å². The zero-order valence-corrected chi connectivity index (χ0v) is 10.1. The highest BCUT2D eigenvalue weighted by molar-refractivity contribution is 4.98. The van der Waals surface area contributed by atoms with E-state index >= 15 is 0 Å². The molecule has 0 aromatic carbocycles. The van der Waals surface area contributed by atoms with Crippen molar-refractivity contribution in [3.8, 4) is 0 Å². The van der Waals surface area contributed by atoms with Gasteiger partial charge >= 0.3 is 0 Å². The molecule has 90 valence electrons. The quantitative estimate of drug-likeness (QED) is 0.727. The maximum atomic E-state index is 5.49. The zero-order chi connectivity index (χ0) is 11.4. The maximum Gasteiger partial charge on any atom is 0.0950 e. The molecule has 1 saturated carbocycles. The minimum absolute atomic E-state index is 0.611. The fraction of sp³-hybridized carbons (Fsp3) is 0.750. The van der Waals surface area contributed by atoms with Gasteiger partial charge in [0.05, 0.1) is 12.0 Å². The van der Waals surface area contributed by atoms with E-state index in [1.54, 1.807) is 0 Å². The molecule has 0 saturated heterocycles. The van der Waals surface area contributed by atoms with Crippen molar-refractivity contribution in [3.05, 3.63) is 18.2 Å². The Balaban J connectivity index is 1.72. The summed E-state index contributed by atoms with van der Waals surface area (Å²) >= 11 is 0. The fourth-order valence-electron chi connectivity index (χ4n) is 2.06. The molecule has 16 heavy (non-hydrogen) atoms. The van der Waals surface area contributed by atoms with Crippen LogP contribution >= 0.6 is 0 Å². The molecule has 3 N–H and O–H groups in total. The van der Waals surface area contributed by atoms with Gasteiger partial charge in [-0.1, -0.05) is 6.92 Å². The van der Waals surface area contributed by atoms with Crippen LogP contribution in [0.4, 0.5) is 0 Å². The lowest BCUT2D eigenvalue weighted by Gasteiger charge is -2.12. The van der Waals surface area contributed by atoms with E-state index in [0.717, 1.165) is 25.3 Å². The molecule has 1 fully saturated rings. The average molecular weight is 222 g/mol. The van der Waals surface area contributed by atoms with E-state index in [-0.39, 0.29) is 0 Å². The number of rotatable bonds is 7. The summed E-state index contributed by atoms with van der Waals surface area (Å²) in [6, 6.07) is 0. The maximum absolute atomic E-state index is 5.49. The summed E-state index contributed by atoms with van der Waals surface area (Å²) in [7, 11) is 0. The minimum atomic E-state index is 0.611. The Bertz CT molecular complexity index is 328. The molecule has 1 heterocycles. The van der Waals surface area contributed by atoms with Crippen molar-refractivity contribution in [2.24, 2.45) is 11.1 Å². The van der Waals surface area contributed by atoms with Gasteiger partial charge in [0, 0.05) is 32.4 Å². The minimum Gasteiger partial charge on any atom is -0.336 e. The van der Waals surface area contributed by atoms with Crippen LogP contribution in [-0.4, -0.2) is 22.6 Å². The van der Waals surface area contributed by atoms with Crippen LogP contribution in [0.2, 0.25) is 0 Å². The number of nitrogens with zero attached hydrogens (tertiary/aromatic N) is 2. The van der Waals surface area contributed by atoms with Gasteiger partial charge in [0.25, 0.3) is 0 Å². The lowest BCUT2D eigenvalue weighted by molar-refractivity contribution is 0.442. The van der Waals surface area contributed by atoms with Crippen LogP contribution in [0.1, 0.15) is 31.9 Å². The molecule has 0 bridgehead atoms. The Hall–Kier alpha value is -0.870. The van der Waals surface area contributed by atoms with Crippen molar-refractivity contribution in [1.82, 2.24) is 14.9 Å². The predicted molar refractivity (Wildman–Crippen MR) is 64.9 cm³/mol. The van der Waals surface area contributed by atoms with Crippen molar-refractivity contribution in [2.45, 2.75) is 39.3 Å². The highest BCUT2D eigenvalue weighted by Gasteiger charge is 2.39. The first-order valence-electron chi connectivity index (χ1n) is 6.19. The Kier molecular flexibility index (Phi) is 3.61. The standard InChI is InChI=1S/C12H22N4/c1-2-12(3-4-12)9-14-7-11-8-16(6-5-13)10-15-11/h8,10,14H,2-7,9,13H2,1H3. The van der Waals surface area contributed by atoms with E-state index in [2.05, 4.69) is 23.4 Å². The van der Waals surface area contributed by atoms with Gasteiger partial charge in [-0.2, -0.15) is 0 Å². The summed E-state index contributed by atoms with van der Waals surface area (Å²) in [6.07, 6.45) is 8.00. The highest BCUT2D eigenvalue weighted by atomic mass is 15.1. The largest absolute Gasteiger partial charge is 0.336 e. The second kappa shape index (κ2) is 4.97. The van der Waals surface area contributed by atoms with E-state index in [1.807, 2.05) is 10.9 Å². The Morgan fingerprint density at radius 1 is 1.56 bits per heavy atom. The molecule has 1 aliphatic rings. The molecular formula is C12H22N4. The zero-order valence-electron chi connectivity index (χ0n) is 10.1. The number of aromatic nitrogens is 2. The summed E-state index contributed by atoms with van der Waals surface area (Å²) < 4.78 is 2.05. The van der Waals surface area contributed by atoms with Gasteiger partial charge in [-0.05, 0) is 24.7 Å². The van der Waals surface area contributed by atoms with Crippen molar-refractivity contribution in [1.29, 1.82) is 0 Å². The van der Waals surface area contributed by atoms with Crippen LogP contribution in [-0.2, 0) is 13.1 Å². The average Bonchev–Trinajstić information content (AvgIpc) is 2.94. The van der Waals surface area contributed by atoms with Crippen molar-refractivity contribution in [3.63, 3.8) is 0 Å². The summed E-state index contributed by atoms with van der Waals surface area (Å²) in [5.74, 6) is 0. The lowest BCUT2D eigenvalue weighted by Crippen LogP contribution is -2.23. The van der Waals surface area contributed by atoms with Crippen LogP contribution in [0.3, 0.4) is 0 Å². The lowest BCUT2D eigenvalue weighted by atomic mass is 10.0. The molecule has 0 aliphatic heterocycles. The van der Waals surface area contributed by atoms with E-state index in [9.17, 15) is 0 Å². The first-order valence-corrected chi connectivity index (χ1v) is 6.19. The number of nitrogens with two attached hydrogens (primary N) is 1. The SMILES string of the molecule is CCC1(CNCc2cn(CCN)cn2)CC1. The molecule has 1 aliphatic carbocycles. The van der Waals surface area contributed by atoms with Crippen molar-refractivity contribution >= 4 is 0 Å². The third-order valence-electron chi connectivity index (χ3n) is 3.59. The monoisotopic (exact) mass is 222 g/mol. The molecule has 1 aromatic rings. The fourth-order valence-corrected chi connectivity index (χ4v) is 2.06. The molecule has 2 rings (SSSR count). The molecule has 4 heteroatoms. The van der Waals surface area contributed by atoms with Crippen LogP contribution < -0.4 is 11.1 Å². The van der Waals surface area contributed by atoms with Crippen LogP contribution in [0, 0.1) is 5.41 Å². The number of hydrogen-bond donors (Lipinski definition) is 2. The van der Waals surface area contributed by atoms with Gasteiger partial charge in [-0.15, -0.1) is 0 Å². The third kappa shape index (κ3) is 2.83. The van der Waals surface area contributed by atoms with E-state index in [4.69, 9.17) is 5.73 Å². The van der Waals surface area contributed by atoms with Gasteiger partial charge < -0.3 is 15.6 Å². The number of imidazole rings is 1. The molecular weight excluding hydrogens is 200 g/mol. The Morgan fingerprint density at radius 2 is 2.38 bits per heavy atom. The molecule has 0 unspecified atom stereocenters. The van der Waals surface area contributed by atoms with Crippen molar-refractivity contribution in [2.75, 3.05) is 13.1 Å². The van der Waals surface area contributed by atoms with E-state index < -0.39 is 0 Å². The van der Waals surface area contributed by atoms with Gasteiger partial charge in [0.15, 0.2) is 0 Å². The van der Waals surface area contributed by atoms with Crippen LogP contribution in [0.25, 0.3) is 0 Å². The van der Waals surface area contributed by atoms with Crippen molar-refractivity contribution < 1.29 is 0 Å². The van der Waals surface area contributed by atoms with Gasteiger partial charge in [-0.25, -0.2) is 4.98 Å². The first-order chi connectivity index (χ1) is 7.78.